The summed E-state index contributed by atoms with van der Waals surface area (Å²) in [6.07, 6.45) is 11.2. The van der Waals surface area contributed by atoms with Crippen LogP contribution in [0.3, 0.4) is 0 Å². The van der Waals surface area contributed by atoms with Crippen LogP contribution in [0.4, 0.5) is 0 Å². The Bertz CT molecular complexity index is 486. The highest BCUT2D eigenvalue weighted by molar-refractivity contribution is 5.31. The minimum atomic E-state index is -0.307. The highest BCUT2D eigenvalue weighted by Crippen LogP contribution is 2.57. The summed E-state index contributed by atoms with van der Waals surface area (Å²) < 4.78 is 6.65. The molecule has 1 aliphatic heterocycles. The normalized spacial score (nSPS) is 44.4. The van der Waals surface area contributed by atoms with Crippen LogP contribution in [0.5, 0.6) is 0 Å². The van der Waals surface area contributed by atoms with Crippen molar-refractivity contribution in [2.75, 3.05) is 0 Å². The molecule has 0 aromatic rings. The van der Waals surface area contributed by atoms with Crippen LogP contribution >= 0.6 is 0 Å². The van der Waals surface area contributed by atoms with Crippen molar-refractivity contribution in [3.63, 3.8) is 0 Å². The molecule has 3 heteroatoms. The Morgan fingerprint density at radius 1 is 1.21 bits per heavy atom. The summed E-state index contributed by atoms with van der Waals surface area (Å²) in [4.78, 5) is 0. The molecule has 0 aromatic heterocycles. The Balaban J connectivity index is 1.86. The van der Waals surface area contributed by atoms with Gasteiger partial charge in [0.05, 0.1) is 17.8 Å². The number of ether oxygens (including phenoxy) is 1. The number of aliphatic hydroxyl groups is 1. The number of nitrogens with two attached hydrogens (primary N) is 1. The lowest BCUT2D eigenvalue weighted by molar-refractivity contribution is -0.217. The topological polar surface area (TPSA) is 55.5 Å². The molecule has 0 radical (unpaired) electrons. The first kappa shape index (κ1) is 18.4. The maximum atomic E-state index is 11.1. The van der Waals surface area contributed by atoms with E-state index in [-0.39, 0.29) is 29.3 Å². The van der Waals surface area contributed by atoms with Crippen molar-refractivity contribution >= 4 is 0 Å². The molecule has 138 valence electrons. The van der Waals surface area contributed by atoms with Crippen LogP contribution < -0.4 is 5.73 Å². The Morgan fingerprint density at radius 2 is 1.96 bits per heavy atom. The summed E-state index contributed by atoms with van der Waals surface area (Å²) in [7, 11) is 0. The molecule has 2 fully saturated rings. The van der Waals surface area contributed by atoms with Gasteiger partial charge in [0, 0.05) is 17.4 Å². The van der Waals surface area contributed by atoms with Gasteiger partial charge >= 0.3 is 0 Å². The van der Waals surface area contributed by atoms with E-state index < -0.39 is 0 Å². The number of fused-ring (bicyclic) bond motifs is 3. The summed E-state index contributed by atoms with van der Waals surface area (Å²) in [6, 6.07) is 0.136. The summed E-state index contributed by atoms with van der Waals surface area (Å²) in [5.41, 5.74) is 7.25. The smallest absolute Gasteiger partial charge is 0.0701 e. The van der Waals surface area contributed by atoms with E-state index in [1.807, 2.05) is 0 Å². The van der Waals surface area contributed by atoms with E-state index in [2.05, 4.69) is 33.8 Å². The fourth-order valence-corrected chi connectivity index (χ4v) is 5.56. The fourth-order valence-electron chi connectivity index (χ4n) is 5.56. The molecule has 3 N–H and O–H groups in total. The molecule has 0 amide bonds. The van der Waals surface area contributed by atoms with Crippen molar-refractivity contribution in [1.29, 1.82) is 0 Å². The van der Waals surface area contributed by atoms with E-state index in [0.717, 1.165) is 25.7 Å². The molecule has 6 atom stereocenters. The molecule has 1 heterocycles. The fraction of sp³-hybridized carbons (Fsp3) is 0.905. The molecule has 3 aliphatic rings. The third-order valence-corrected chi connectivity index (χ3v) is 7.15. The summed E-state index contributed by atoms with van der Waals surface area (Å²) in [5.74, 6) is 0.986. The van der Waals surface area contributed by atoms with Crippen LogP contribution in [0.2, 0.25) is 0 Å². The summed E-state index contributed by atoms with van der Waals surface area (Å²) in [6.45, 7) is 8.94. The van der Waals surface area contributed by atoms with Gasteiger partial charge in [0.2, 0.25) is 0 Å². The second-order valence-electron chi connectivity index (χ2n) is 9.26. The first-order valence-electron chi connectivity index (χ1n) is 10.1. The van der Waals surface area contributed by atoms with Crippen molar-refractivity contribution in [3.05, 3.63) is 11.6 Å². The average Bonchev–Trinajstić information content (AvgIpc) is 2.50. The highest BCUT2D eigenvalue weighted by atomic mass is 16.5. The second-order valence-corrected chi connectivity index (χ2v) is 9.26. The van der Waals surface area contributed by atoms with Crippen LogP contribution in [0, 0.1) is 17.3 Å². The molecule has 0 spiro atoms. The zero-order valence-electron chi connectivity index (χ0n) is 16.1. The lowest BCUT2D eigenvalue weighted by atomic mass is 9.55. The molecular weight excluding hydrogens is 298 g/mol. The Hall–Kier alpha value is -0.380. The van der Waals surface area contributed by atoms with E-state index in [0.29, 0.717) is 11.8 Å². The first-order chi connectivity index (χ1) is 11.3. The number of hydrogen-bond donors (Lipinski definition) is 2. The molecule has 1 saturated heterocycles. The first-order valence-corrected chi connectivity index (χ1v) is 10.1. The van der Waals surface area contributed by atoms with Crippen molar-refractivity contribution in [3.8, 4) is 0 Å². The van der Waals surface area contributed by atoms with Crippen LogP contribution in [0.25, 0.3) is 0 Å². The third kappa shape index (κ3) is 3.08. The van der Waals surface area contributed by atoms with Gasteiger partial charge in [-0.3, -0.25) is 0 Å². The van der Waals surface area contributed by atoms with Crippen LogP contribution in [-0.2, 0) is 4.74 Å². The molecule has 1 saturated carbocycles. The van der Waals surface area contributed by atoms with Crippen LogP contribution in [-0.4, -0.2) is 29.0 Å². The van der Waals surface area contributed by atoms with Gasteiger partial charge in [-0.1, -0.05) is 51.2 Å². The molecule has 6 unspecified atom stereocenters. The zero-order valence-corrected chi connectivity index (χ0v) is 16.1. The second kappa shape index (κ2) is 6.74. The van der Waals surface area contributed by atoms with E-state index in [1.54, 1.807) is 0 Å². The quantitative estimate of drug-likeness (QED) is 0.598. The minimum Gasteiger partial charge on any atom is -0.392 e. The van der Waals surface area contributed by atoms with Gasteiger partial charge in [0.15, 0.2) is 0 Å². The van der Waals surface area contributed by atoms with E-state index >= 15 is 0 Å². The van der Waals surface area contributed by atoms with Gasteiger partial charge in [-0.2, -0.15) is 0 Å². The van der Waals surface area contributed by atoms with E-state index in [9.17, 15) is 5.11 Å². The van der Waals surface area contributed by atoms with Gasteiger partial charge in [-0.05, 0) is 45.4 Å². The van der Waals surface area contributed by atoms with Crippen molar-refractivity contribution in [2.24, 2.45) is 23.0 Å². The lowest BCUT2D eigenvalue weighted by Gasteiger charge is -2.60. The SMILES string of the molecule is CCCCCC1CC(O)C2(C)C3=CC(N)CCC3C(C)(C)OC2C1. The number of aliphatic hydroxyl groups excluding tert-OH is 1. The lowest BCUT2D eigenvalue weighted by Crippen LogP contribution is -2.62. The molecule has 2 aliphatic carbocycles. The molecule has 0 aromatic carbocycles. The van der Waals surface area contributed by atoms with Crippen molar-refractivity contribution < 1.29 is 9.84 Å². The predicted molar refractivity (Wildman–Crippen MR) is 98.7 cm³/mol. The van der Waals surface area contributed by atoms with Gasteiger partial charge in [0.25, 0.3) is 0 Å². The Kier molecular flexibility index (Phi) is 5.17. The average molecular weight is 336 g/mol. The largest absolute Gasteiger partial charge is 0.392 e. The van der Waals surface area contributed by atoms with E-state index in [4.69, 9.17) is 10.5 Å². The number of hydrogen-bond acceptors (Lipinski definition) is 3. The van der Waals surface area contributed by atoms with Gasteiger partial charge < -0.3 is 15.6 Å². The van der Waals surface area contributed by atoms with Crippen molar-refractivity contribution in [1.82, 2.24) is 0 Å². The zero-order chi connectivity index (χ0) is 17.5. The third-order valence-electron chi connectivity index (χ3n) is 7.15. The molecule has 0 bridgehead atoms. The predicted octanol–water partition coefficient (Wildman–Crippen LogP) is 4.19. The van der Waals surface area contributed by atoms with Crippen LogP contribution in [0.1, 0.15) is 79.1 Å². The molecular formula is C21H37NO2. The summed E-state index contributed by atoms with van der Waals surface area (Å²) >= 11 is 0. The standard InChI is InChI=1S/C21H37NO2/c1-5-6-7-8-14-11-18(23)21(4)17-13-15(22)9-10-16(17)20(2,3)24-19(21)12-14/h13-16,18-19,23H,5-12,22H2,1-4H3. The molecule has 3 rings (SSSR count). The van der Waals surface area contributed by atoms with Gasteiger partial charge in [-0.15, -0.1) is 0 Å². The highest BCUT2D eigenvalue weighted by Gasteiger charge is 2.58. The summed E-state index contributed by atoms with van der Waals surface area (Å²) in [5, 5.41) is 11.1. The Labute approximate surface area is 148 Å². The van der Waals surface area contributed by atoms with Gasteiger partial charge in [-0.25, -0.2) is 0 Å². The number of unbranched alkanes of at least 4 members (excludes halogenated alkanes) is 2. The number of rotatable bonds is 4. The maximum Gasteiger partial charge on any atom is 0.0701 e. The van der Waals surface area contributed by atoms with Gasteiger partial charge in [0.1, 0.15) is 0 Å². The Morgan fingerprint density at radius 3 is 2.67 bits per heavy atom. The minimum absolute atomic E-state index is 0.121. The molecule has 3 nitrogen and oxygen atoms in total. The molecule has 24 heavy (non-hydrogen) atoms. The maximum absolute atomic E-state index is 11.1. The van der Waals surface area contributed by atoms with E-state index in [1.165, 1.54) is 31.3 Å². The van der Waals surface area contributed by atoms with Crippen molar-refractivity contribution in [2.45, 2.75) is 103 Å². The monoisotopic (exact) mass is 335 g/mol. The van der Waals surface area contributed by atoms with Crippen LogP contribution in [0.15, 0.2) is 11.6 Å².